The first-order valence-corrected chi connectivity index (χ1v) is 13.8. The van der Waals surface area contributed by atoms with Gasteiger partial charge in [0, 0.05) is 17.1 Å². The molecule has 1 saturated carbocycles. The molecular formula is C31H47N3O4. The quantitative estimate of drug-likeness (QED) is 0.425. The lowest BCUT2D eigenvalue weighted by atomic mass is 9.90. The Bertz CT molecular complexity index is 1010. The molecule has 1 aliphatic rings. The van der Waals surface area contributed by atoms with Crippen LogP contribution in [0.25, 0.3) is 0 Å². The van der Waals surface area contributed by atoms with Crippen LogP contribution in [0.2, 0.25) is 0 Å². The zero-order valence-electron chi connectivity index (χ0n) is 24.5. The highest BCUT2D eigenvalue weighted by Gasteiger charge is 2.43. The molecule has 2 rings (SSSR count). The van der Waals surface area contributed by atoms with Crippen molar-refractivity contribution in [3.8, 4) is 12.3 Å². The fraction of sp³-hybridized carbons (Fsp3) is 0.645. The molecule has 0 spiro atoms. The zero-order chi connectivity index (χ0) is 28.7. The first-order chi connectivity index (χ1) is 17.6. The maximum Gasteiger partial charge on any atom is 0.408 e. The fourth-order valence-electron chi connectivity index (χ4n) is 4.95. The van der Waals surface area contributed by atoms with Crippen molar-refractivity contribution < 1.29 is 19.1 Å². The summed E-state index contributed by atoms with van der Waals surface area (Å²) >= 11 is 0. The lowest BCUT2D eigenvalue weighted by Gasteiger charge is -2.44. The minimum atomic E-state index is -0.966. The molecule has 2 unspecified atom stereocenters. The number of terminal acetylenes is 1. The lowest BCUT2D eigenvalue weighted by molar-refractivity contribution is -0.149. The number of alkyl carbamates (subject to hydrolysis) is 1. The van der Waals surface area contributed by atoms with Crippen molar-refractivity contribution in [3.05, 3.63) is 35.4 Å². The van der Waals surface area contributed by atoms with E-state index in [1.165, 1.54) is 0 Å². The Morgan fingerprint density at radius 3 is 2.18 bits per heavy atom. The molecule has 1 aromatic rings. The molecule has 0 aliphatic heterocycles. The van der Waals surface area contributed by atoms with Gasteiger partial charge in [-0.15, -0.1) is 6.42 Å². The molecule has 38 heavy (non-hydrogen) atoms. The van der Waals surface area contributed by atoms with Crippen LogP contribution in [0.3, 0.4) is 0 Å². The van der Waals surface area contributed by atoms with Crippen LogP contribution >= 0.6 is 0 Å². The van der Waals surface area contributed by atoms with Gasteiger partial charge in [0.05, 0.1) is 0 Å². The van der Waals surface area contributed by atoms with E-state index in [2.05, 4.69) is 16.6 Å². The highest BCUT2D eigenvalue weighted by atomic mass is 16.6. The van der Waals surface area contributed by atoms with Gasteiger partial charge in [-0.2, -0.15) is 0 Å². The molecule has 2 atom stereocenters. The zero-order valence-corrected chi connectivity index (χ0v) is 24.5. The molecule has 210 valence electrons. The number of benzene rings is 1. The molecule has 2 N–H and O–H groups in total. The second-order valence-electron chi connectivity index (χ2n) is 12.7. The molecule has 7 heteroatoms. The van der Waals surface area contributed by atoms with Crippen molar-refractivity contribution in [2.45, 2.75) is 123 Å². The monoisotopic (exact) mass is 525 g/mol. The van der Waals surface area contributed by atoms with Crippen LogP contribution in [-0.4, -0.2) is 46.0 Å². The summed E-state index contributed by atoms with van der Waals surface area (Å²) in [6.07, 6.45) is 10.7. The number of hydrogen-bond donors (Lipinski definition) is 2. The second kappa shape index (κ2) is 13.2. The van der Waals surface area contributed by atoms with Crippen molar-refractivity contribution in [1.82, 2.24) is 15.5 Å². The predicted octanol–water partition coefficient (Wildman–Crippen LogP) is 5.72. The minimum absolute atomic E-state index is 0.0556. The largest absolute Gasteiger partial charge is 0.444 e. The normalized spacial score (nSPS) is 16.2. The Morgan fingerprint density at radius 1 is 1.05 bits per heavy atom. The SMILES string of the molecule is C#Cc1ccccc1C(C(=O)NC1CCCCC1)N(C(=O)C(CC(C)C)NC(=O)OC(C)(C)C)C(C)(C)C. The molecule has 0 heterocycles. The highest BCUT2D eigenvalue weighted by molar-refractivity contribution is 5.93. The summed E-state index contributed by atoms with van der Waals surface area (Å²) in [6, 6.07) is 5.45. The molecule has 1 aliphatic carbocycles. The van der Waals surface area contributed by atoms with E-state index in [9.17, 15) is 14.4 Å². The Labute approximate surface area is 229 Å². The number of nitrogens with zero attached hydrogens (tertiary/aromatic N) is 1. The van der Waals surface area contributed by atoms with Crippen LogP contribution in [0, 0.1) is 18.3 Å². The maximum atomic E-state index is 14.4. The standard InChI is InChI=1S/C31H47N3O4/c1-10-22-16-14-15-19-24(22)26(27(35)32-23-17-12-11-13-18-23)34(30(4,5)6)28(36)25(20-21(2)3)33-29(37)38-31(7,8)9/h1,14-16,19,21,23,25-26H,11-13,17-18,20H2,2-9H3,(H,32,35)(H,33,37). The van der Waals surface area contributed by atoms with Crippen LogP contribution in [0.5, 0.6) is 0 Å². The molecule has 1 fully saturated rings. The van der Waals surface area contributed by atoms with Crippen molar-refractivity contribution in [3.63, 3.8) is 0 Å². The number of amides is 3. The molecular weight excluding hydrogens is 478 g/mol. The van der Waals surface area contributed by atoms with E-state index in [1.807, 2.05) is 52.8 Å². The average Bonchev–Trinajstić information content (AvgIpc) is 2.80. The predicted molar refractivity (Wildman–Crippen MR) is 151 cm³/mol. The van der Waals surface area contributed by atoms with Gasteiger partial charge in [0.2, 0.25) is 11.8 Å². The minimum Gasteiger partial charge on any atom is -0.444 e. The van der Waals surface area contributed by atoms with Gasteiger partial charge in [0.1, 0.15) is 17.7 Å². The lowest BCUT2D eigenvalue weighted by Crippen LogP contribution is -2.59. The van der Waals surface area contributed by atoms with Crippen molar-refractivity contribution in [1.29, 1.82) is 0 Å². The van der Waals surface area contributed by atoms with Gasteiger partial charge in [0.15, 0.2) is 0 Å². The Kier molecular flexibility index (Phi) is 10.8. The average molecular weight is 526 g/mol. The van der Waals surface area contributed by atoms with Crippen LogP contribution < -0.4 is 10.6 Å². The van der Waals surface area contributed by atoms with E-state index >= 15 is 0 Å². The van der Waals surface area contributed by atoms with Gasteiger partial charge < -0.3 is 20.3 Å². The third kappa shape index (κ3) is 9.08. The van der Waals surface area contributed by atoms with E-state index in [1.54, 1.807) is 31.7 Å². The molecule has 7 nitrogen and oxygen atoms in total. The first kappa shape index (κ1) is 31.2. The van der Waals surface area contributed by atoms with Crippen molar-refractivity contribution >= 4 is 17.9 Å². The number of rotatable bonds is 8. The molecule has 0 radical (unpaired) electrons. The number of carbonyl (C=O) groups excluding carboxylic acids is 3. The van der Waals surface area contributed by atoms with Gasteiger partial charge in [-0.1, -0.05) is 57.2 Å². The topological polar surface area (TPSA) is 87.7 Å². The summed E-state index contributed by atoms with van der Waals surface area (Å²) in [7, 11) is 0. The molecule has 0 saturated heterocycles. The maximum absolute atomic E-state index is 14.4. The third-order valence-corrected chi connectivity index (χ3v) is 6.53. The summed E-state index contributed by atoms with van der Waals surface area (Å²) in [5.41, 5.74) is -0.336. The molecule has 1 aromatic carbocycles. The second-order valence-corrected chi connectivity index (χ2v) is 12.7. The molecule has 0 aromatic heterocycles. The summed E-state index contributed by atoms with van der Waals surface area (Å²) < 4.78 is 5.47. The highest BCUT2D eigenvalue weighted by Crippen LogP contribution is 2.33. The Balaban J connectivity index is 2.57. The van der Waals surface area contributed by atoms with Gasteiger partial charge in [0.25, 0.3) is 0 Å². The molecule has 3 amide bonds. The van der Waals surface area contributed by atoms with Crippen molar-refractivity contribution in [2.75, 3.05) is 0 Å². The number of nitrogens with one attached hydrogen (secondary N) is 2. The number of carbonyl (C=O) groups is 3. The fourth-order valence-corrected chi connectivity index (χ4v) is 4.95. The number of hydrogen-bond acceptors (Lipinski definition) is 4. The van der Waals surface area contributed by atoms with E-state index in [-0.39, 0.29) is 23.8 Å². The van der Waals surface area contributed by atoms with Gasteiger partial charge in [-0.3, -0.25) is 9.59 Å². The van der Waals surface area contributed by atoms with E-state index < -0.39 is 29.3 Å². The first-order valence-electron chi connectivity index (χ1n) is 13.8. The molecule has 0 bridgehead atoms. The summed E-state index contributed by atoms with van der Waals surface area (Å²) in [6.45, 7) is 15.0. The van der Waals surface area contributed by atoms with Crippen LogP contribution in [-0.2, 0) is 14.3 Å². The van der Waals surface area contributed by atoms with E-state index in [0.29, 0.717) is 17.5 Å². The third-order valence-electron chi connectivity index (χ3n) is 6.53. The van der Waals surface area contributed by atoms with Crippen LogP contribution in [0.4, 0.5) is 4.79 Å². The summed E-state index contributed by atoms with van der Waals surface area (Å²) in [4.78, 5) is 42.7. The van der Waals surface area contributed by atoms with Crippen molar-refractivity contribution in [2.24, 2.45) is 5.92 Å². The summed E-state index contributed by atoms with van der Waals surface area (Å²) in [5.74, 6) is 2.18. The van der Waals surface area contributed by atoms with E-state index in [0.717, 1.165) is 32.1 Å². The van der Waals surface area contributed by atoms with Crippen LogP contribution in [0.1, 0.15) is 111 Å². The number of ether oxygens (including phenoxy) is 1. The Hall–Kier alpha value is -3.01. The van der Waals surface area contributed by atoms with Crippen LogP contribution in [0.15, 0.2) is 24.3 Å². The van der Waals surface area contributed by atoms with E-state index in [4.69, 9.17) is 11.2 Å². The Morgan fingerprint density at radius 2 is 1.66 bits per heavy atom. The van der Waals surface area contributed by atoms with Gasteiger partial charge in [-0.05, 0) is 78.4 Å². The summed E-state index contributed by atoms with van der Waals surface area (Å²) in [5, 5.41) is 6.00. The van der Waals surface area contributed by atoms with Gasteiger partial charge in [-0.25, -0.2) is 4.79 Å². The van der Waals surface area contributed by atoms with Gasteiger partial charge >= 0.3 is 6.09 Å². The smallest absolute Gasteiger partial charge is 0.408 e.